The maximum Gasteiger partial charge on any atom is 0.243 e. The van der Waals surface area contributed by atoms with Crippen LogP contribution in [0.2, 0.25) is 0 Å². The van der Waals surface area contributed by atoms with Crippen LogP contribution in [-0.4, -0.2) is 163 Å². The fraction of sp³-hybridized carbons (Fsp3) is 0.500. The van der Waals surface area contributed by atoms with Crippen LogP contribution in [0.3, 0.4) is 0 Å². The standard InChI is InChI=1S/C50H73N17O11S/c1-25(2)13-34(46(74)63-33(43(53)71)11-12-79-6)64-47(75)36(15-29-20-54-23-58-29)62-41(70)22-57-50(78)42(26(3)4)67-44(72)27(5)60-45(73)35(14-28-19-56-32-10-8-7-9-31(28)32)65-48(76)37(16-30-21-55-24-59-30)66-49(77)38(17-39(52)68)61-40(69)18-51/h7-10,19-21,23-27,33-38,42,56H,11-18,22,51H2,1-6H3,(H2,52,68)(H2,53,71)(H,54,58)(H,55,59)(H,57,78)(H,60,73)(H,61,69)(H,62,70)(H,63,74)(H,64,75)(H,65,76)(H,66,77)(H,67,72)/t27-,33-,34-,35-,36-,37-,38-,42-/m0/s1. The number of rotatable bonds is 33. The van der Waals surface area contributed by atoms with Gasteiger partial charge in [0.2, 0.25) is 65.0 Å². The van der Waals surface area contributed by atoms with Gasteiger partial charge < -0.3 is 80.0 Å². The van der Waals surface area contributed by atoms with Crippen molar-refractivity contribution in [3.05, 3.63) is 72.5 Å². The van der Waals surface area contributed by atoms with E-state index in [0.717, 1.165) is 10.9 Å². The zero-order valence-corrected chi connectivity index (χ0v) is 45.7. The van der Waals surface area contributed by atoms with Crippen molar-refractivity contribution in [1.29, 1.82) is 0 Å². The number of benzene rings is 1. The number of primary amides is 2. The molecule has 4 rings (SSSR count). The minimum absolute atomic E-state index is 0.0865. The number of para-hydroxylation sites is 1. The molecule has 0 saturated heterocycles. The van der Waals surface area contributed by atoms with E-state index in [9.17, 15) is 52.7 Å². The molecule has 0 aliphatic heterocycles. The van der Waals surface area contributed by atoms with Crippen LogP contribution < -0.4 is 65.1 Å². The van der Waals surface area contributed by atoms with Crippen molar-refractivity contribution in [1.82, 2.24) is 72.8 Å². The average Bonchev–Trinajstić information content (AvgIpc) is 4.22. The van der Waals surface area contributed by atoms with Crippen molar-refractivity contribution in [3.63, 3.8) is 0 Å². The summed E-state index contributed by atoms with van der Waals surface area (Å²) in [6.07, 6.45) is 8.42. The molecule has 0 radical (unpaired) electrons. The zero-order valence-electron chi connectivity index (χ0n) is 44.9. The zero-order chi connectivity index (χ0) is 58.3. The topological polar surface area (TPSA) is 447 Å². The van der Waals surface area contributed by atoms with Gasteiger partial charge in [-0.1, -0.05) is 45.9 Å². The van der Waals surface area contributed by atoms with Crippen molar-refractivity contribution in [2.75, 3.05) is 25.1 Å². The molecule has 3 heterocycles. The SMILES string of the molecule is CSCC[C@H](NC(=O)[C@H](CC(C)C)NC(=O)[C@H](Cc1cnc[nH]1)NC(=O)CNC(=O)[C@@H](NC(=O)[C@H](C)NC(=O)[C@H](Cc1c[nH]c2ccccc12)NC(=O)[C@H](Cc1cnc[nH]1)NC(=O)[C@H](CC(N)=O)NC(=O)CN)C(C)C)C(N)=O. The first-order valence-electron chi connectivity index (χ1n) is 25.4. The molecule has 3 aromatic heterocycles. The van der Waals surface area contributed by atoms with Gasteiger partial charge in [-0.2, -0.15) is 11.8 Å². The molecule has 29 heteroatoms. The summed E-state index contributed by atoms with van der Waals surface area (Å²) >= 11 is 1.46. The second kappa shape index (κ2) is 31.2. The Kier molecular flexibility index (Phi) is 24.9. The number of thioether (sulfide) groups is 1. The molecular formula is C50H73N17O11S. The molecule has 0 aliphatic carbocycles. The Morgan fingerprint density at radius 3 is 1.67 bits per heavy atom. The smallest absolute Gasteiger partial charge is 0.243 e. The van der Waals surface area contributed by atoms with Gasteiger partial charge in [-0.25, -0.2) is 9.97 Å². The summed E-state index contributed by atoms with van der Waals surface area (Å²) in [6.45, 7) is 7.10. The molecule has 18 N–H and O–H groups in total. The highest BCUT2D eigenvalue weighted by atomic mass is 32.2. The van der Waals surface area contributed by atoms with Crippen LogP contribution in [0.15, 0.2) is 55.5 Å². The number of amides is 11. The fourth-order valence-corrected chi connectivity index (χ4v) is 8.54. The molecule has 11 amide bonds. The normalized spacial score (nSPS) is 14.2. The van der Waals surface area contributed by atoms with Gasteiger partial charge in [-0.15, -0.1) is 0 Å². The minimum atomic E-state index is -1.51. The van der Waals surface area contributed by atoms with E-state index in [0.29, 0.717) is 22.7 Å². The Balaban J connectivity index is 1.48. The summed E-state index contributed by atoms with van der Waals surface area (Å²) in [5.74, 6) is -9.07. The lowest BCUT2D eigenvalue weighted by Crippen LogP contribution is -2.60. The van der Waals surface area contributed by atoms with E-state index in [-0.39, 0.29) is 38.0 Å². The summed E-state index contributed by atoms with van der Waals surface area (Å²) in [4.78, 5) is 163. The summed E-state index contributed by atoms with van der Waals surface area (Å²) in [7, 11) is 0. The van der Waals surface area contributed by atoms with E-state index in [1.807, 2.05) is 20.1 Å². The molecule has 0 fully saturated rings. The Morgan fingerprint density at radius 1 is 0.595 bits per heavy atom. The number of imidazole rings is 2. The first-order valence-corrected chi connectivity index (χ1v) is 26.8. The maximum atomic E-state index is 14.3. The lowest BCUT2D eigenvalue weighted by molar-refractivity contribution is -0.135. The van der Waals surface area contributed by atoms with Gasteiger partial charge in [0, 0.05) is 60.1 Å². The van der Waals surface area contributed by atoms with Crippen molar-refractivity contribution < 1.29 is 52.7 Å². The summed E-state index contributed by atoms with van der Waals surface area (Å²) in [5, 5.41) is 23.8. The van der Waals surface area contributed by atoms with E-state index in [1.54, 1.807) is 44.3 Å². The van der Waals surface area contributed by atoms with Crippen LogP contribution >= 0.6 is 11.8 Å². The molecule has 0 bridgehead atoms. The molecule has 1 aromatic carbocycles. The predicted octanol–water partition coefficient (Wildman–Crippen LogP) is -3.57. The molecular weight excluding hydrogens is 1050 g/mol. The molecule has 0 saturated carbocycles. The Morgan fingerprint density at radius 2 is 1.13 bits per heavy atom. The third-order valence-electron chi connectivity index (χ3n) is 12.2. The summed E-state index contributed by atoms with van der Waals surface area (Å²) < 4.78 is 0. The number of H-pyrrole nitrogens is 3. The van der Waals surface area contributed by atoms with E-state index >= 15 is 0 Å². The molecule has 28 nitrogen and oxygen atoms in total. The quantitative estimate of drug-likeness (QED) is 0.0220. The van der Waals surface area contributed by atoms with Crippen molar-refractivity contribution in [2.24, 2.45) is 29.0 Å². The second-order valence-corrected chi connectivity index (χ2v) is 20.5. The first-order chi connectivity index (χ1) is 37.5. The number of carbonyl (C=O) groups excluding carboxylic acids is 11. The lowest BCUT2D eigenvalue weighted by atomic mass is 10.0. The molecule has 0 unspecified atom stereocenters. The van der Waals surface area contributed by atoms with Crippen molar-refractivity contribution in [3.8, 4) is 0 Å². The number of hydrogen-bond acceptors (Lipinski definition) is 15. The highest BCUT2D eigenvalue weighted by molar-refractivity contribution is 7.98. The molecule has 430 valence electrons. The minimum Gasteiger partial charge on any atom is -0.370 e. The summed E-state index contributed by atoms with van der Waals surface area (Å²) in [6, 6.07) is -3.17. The number of nitrogens with two attached hydrogens (primary N) is 3. The number of nitrogens with zero attached hydrogens (tertiary/aromatic N) is 2. The molecule has 0 aliphatic rings. The van der Waals surface area contributed by atoms with Crippen LogP contribution in [-0.2, 0) is 72.0 Å². The number of aromatic amines is 3. The molecule has 79 heavy (non-hydrogen) atoms. The number of fused-ring (bicyclic) bond motifs is 1. The molecule has 4 aromatic rings. The first kappa shape index (κ1) is 63.2. The number of aromatic nitrogens is 5. The van der Waals surface area contributed by atoms with Crippen LogP contribution in [0.4, 0.5) is 0 Å². The summed E-state index contributed by atoms with van der Waals surface area (Å²) in [5.41, 5.74) is 18.5. The van der Waals surface area contributed by atoms with Crippen LogP contribution in [0, 0.1) is 11.8 Å². The fourth-order valence-electron chi connectivity index (χ4n) is 8.07. The average molecular weight is 1120 g/mol. The number of nitrogens with one attached hydrogen (secondary N) is 12. The van der Waals surface area contributed by atoms with Gasteiger partial charge in [-0.3, -0.25) is 52.7 Å². The highest BCUT2D eigenvalue weighted by Crippen LogP contribution is 2.20. The van der Waals surface area contributed by atoms with Crippen LogP contribution in [0.5, 0.6) is 0 Å². The largest absolute Gasteiger partial charge is 0.370 e. The molecule has 8 atom stereocenters. The third kappa shape index (κ3) is 20.5. The van der Waals surface area contributed by atoms with Crippen LogP contribution in [0.1, 0.15) is 70.8 Å². The molecule has 0 spiro atoms. The van der Waals surface area contributed by atoms with Crippen molar-refractivity contribution >= 4 is 87.6 Å². The monoisotopic (exact) mass is 1120 g/mol. The van der Waals surface area contributed by atoms with Gasteiger partial charge in [0.25, 0.3) is 0 Å². The number of carbonyl (C=O) groups is 11. The van der Waals surface area contributed by atoms with E-state index < -0.39 is 139 Å². The highest BCUT2D eigenvalue weighted by Gasteiger charge is 2.35. The Labute approximate surface area is 459 Å². The Bertz CT molecular complexity index is 2730. The second-order valence-electron chi connectivity index (χ2n) is 19.5. The van der Waals surface area contributed by atoms with E-state index in [2.05, 4.69) is 72.8 Å². The van der Waals surface area contributed by atoms with E-state index in [1.165, 1.54) is 43.7 Å². The van der Waals surface area contributed by atoms with Gasteiger partial charge in [-0.05, 0) is 55.2 Å². The van der Waals surface area contributed by atoms with Gasteiger partial charge in [0.05, 0.1) is 32.2 Å². The van der Waals surface area contributed by atoms with Crippen molar-refractivity contribution in [2.45, 2.75) is 121 Å². The maximum absolute atomic E-state index is 14.3. The van der Waals surface area contributed by atoms with E-state index in [4.69, 9.17) is 17.2 Å². The predicted molar refractivity (Wildman–Crippen MR) is 290 cm³/mol. The van der Waals surface area contributed by atoms with Crippen LogP contribution in [0.25, 0.3) is 10.9 Å². The van der Waals surface area contributed by atoms with Gasteiger partial charge >= 0.3 is 0 Å². The third-order valence-corrected chi connectivity index (χ3v) is 12.9. The Hall–Kier alpha value is -8.34. The van der Waals surface area contributed by atoms with Gasteiger partial charge in [0.15, 0.2) is 0 Å². The lowest BCUT2D eigenvalue weighted by Gasteiger charge is -2.27. The number of hydrogen-bond donors (Lipinski definition) is 15. The van der Waals surface area contributed by atoms with Gasteiger partial charge in [0.1, 0.15) is 48.3 Å².